The van der Waals surface area contributed by atoms with E-state index in [1.807, 2.05) is 0 Å². The SMILES string of the molecule is CCOC(=O)C(F)(F)C(=O)O[I-]OC(=O)C(F)(F)C(=O)OCC. The van der Waals surface area contributed by atoms with Crippen molar-refractivity contribution in [2.24, 2.45) is 0 Å². The second-order valence-electron chi connectivity index (χ2n) is 3.38. The molecule has 0 unspecified atom stereocenters. The second kappa shape index (κ2) is 8.83. The summed E-state index contributed by atoms with van der Waals surface area (Å²) in [4.78, 5) is 43.4. The fourth-order valence-electron chi connectivity index (χ4n) is 0.780. The first kappa shape index (κ1) is 21.3. The van der Waals surface area contributed by atoms with E-state index in [0.29, 0.717) is 0 Å². The Kier molecular flexibility index (Phi) is 8.19. The number of hydrogen-bond acceptors (Lipinski definition) is 8. The fraction of sp³-hybridized carbons (Fsp3) is 0.600. The Labute approximate surface area is 137 Å². The number of esters is 2. The molecule has 0 aliphatic heterocycles. The summed E-state index contributed by atoms with van der Waals surface area (Å²) in [7, 11) is 0. The fourth-order valence-corrected chi connectivity index (χ4v) is 1.75. The molecule has 0 aromatic carbocycles. The number of hydrogen-bond donors (Lipinski definition) is 0. The summed E-state index contributed by atoms with van der Waals surface area (Å²) >= 11 is -2.73. The van der Waals surface area contributed by atoms with Crippen molar-refractivity contribution in [2.45, 2.75) is 25.7 Å². The summed E-state index contributed by atoms with van der Waals surface area (Å²) in [5, 5.41) is 0. The van der Waals surface area contributed by atoms with Crippen LogP contribution in [0.4, 0.5) is 17.6 Å². The topological polar surface area (TPSA) is 105 Å². The average molecular weight is 461 g/mol. The molecule has 0 saturated carbocycles. The molecule has 0 rings (SSSR count). The van der Waals surface area contributed by atoms with Gasteiger partial charge in [0.05, 0.1) is 0 Å². The second-order valence-corrected chi connectivity index (χ2v) is 4.62. The van der Waals surface area contributed by atoms with Gasteiger partial charge in [-0.1, -0.05) is 0 Å². The molecule has 0 aliphatic carbocycles. The minimum atomic E-state index is -4.69. The van der Waals surface area contributed by atoms with Gasteiger partial charge in [-0.2, -0.15) is 0 Å². The molecule has 0 fully saturated rings. The van der Waals surface area contributed by atoms with Gasteiger partial charge in [-0.25, -0.2) is 0 Å². The monoisotopic (exact) mass is 461 g/mol. The summed E-state index contributed by atoms with van der Waals surface area (Å²) in [5.41, 5.74) is 0. The molecule has 8 nitrogen and oxygen atoms in total. The Morgan fingerprint density at radius 3 is 1.30 bits per heavy atom. The first-order valence-corrected chi connectivity index (χ1v) is 7.45. The molecule has 0 bridgehead atoms. The molecule has 0 spiro atoms. The van der Waals surface area contributed by atoms with Crippen molar-refractivity contribution >= 4 is 23.9 Å². The van der Waals surface area contributed by atoms with Gasteiger partial charge in [-0.3, -0.25) is 0 Å². The summed E-state index contributed by atoms with van der Waals surface area (Å²) < 4.78 is 67.7. The third-order valence-corrected chi connectivity index (χ3v) is 2.94. The van der Waals surface area contributed by atoms with Crippen LogP contribution in [0.2, 0.25) is 0 Å². The molecule has 0 aliphatic rings. The van der Waals surface area contributed by atoms with Crippen molar-refractivity contribution in [3.8, 4) is 0 Å². The van der Waals surface area contributed by atoms with E-state index in [2.05, 4.69) is 15.6 Å². The van der Waals surface area contributed by atoms with E-state index >= 15 is 0 Å². The van der Waals surface area contributed by atoms with Crippen LogP contribution in [0.15, 0.2) is 0 Å². The molecule has 0 aromatic heterocycles. The normalized spacial score (nSPS) is 11.6. The van der Waals surface area contributed by atoms with E-state index in [4.69, 9.17) is 0 Å². The molecule has 0 radical (unpaired) electrons. The molecule has 0 amide bonds. The van der Waals surface area contributed by atoms with E-state index in [9.17, 15) is 36.7 Å². The average Bonchev–Trinajstić information content (AvgIpc) is 2.47. The van der Waals surface area contributed by atoms with Crippen LogP contribution in [-0.2, 0) is 34.8 Å². The number of carbonyl (C=O) groups excluding carboxylic acids is 4. The van der Waals surface area contributed by atoms with E-state index in [0.717, 1.165) is 0 Å². The maximum atomic E-state index is 13.1. The van der Waals surface area contributed by atoms with Crippen LogP contribution in [0.25, 0.3) is 0 Å². The Hall–Kier alpha value is -1.67. The van der Waals surface area contributed by atoms with Gasteiger partial charge in [0.1, 0.15) is 0 Å². The van der Waals surface area contributed by atoms with E-state index < -0.39 is 71.0 Å². The van der Waals surface area contributed by atoms with Crippen LogP contribution in [0.5, 0.6) is 0 Å². The Morgan fingerprint density at radius 1 is 0.739 bits per heavy atom. The van der Waals surface area contributed by atoms with Gasteiger partial charge in [0.2, 0.25) is 0 Å². The molecule has 0 atom stereocenters. The Balaban J connectivity index is 4.55. The van der Waals surface area contributed by atoms with Gasteiger partial charge in [-0.05, 0) is 0 Å². The predicted octanol–water partition coefficient (Wildman–Crippen LogP) is -2.61. The molecular weight excluding hydrogens is 451 g/mol. The summed E-state index contributed by atoms with van der Waals surface area (Å²) in [6, 6.07) is 0. The molecule has 0 aromatic rings. The molecule has 0 N–H and O–H groups in total. The predicted molar refractivity (Wildman–Crippen MR) is 55.3 cm³/mol. The van der Waals surface area contributed by atoms with Crippen molar-refractivity contribution in [2.75, 3.05) is 13.2 Å². The first-order chi connectivity index (χ1) is 10.5. The van der Waals surface area contributed by atoms with Gasteiger partial charge >= 0.3 is 137 Å². The minimum absolute atomic E-state index is 0.447. The van der Waals surface area contributed by atoms with Crippen molar-refractivity contribution in [1.29, 1.82) is 0 Å². The zero-order valence-electron chi connectivity index (χ0n) is 11.6. The zero-order valence-corrected chi connectivity index (χ0v) is 13.7. The van der Waals surface area contributed by atoms with Gasteiger partial charge in [-0.15, -0.1) is 0 Å². The van der Waals surface area contributed by atoms with E-state index in [1.165, 1.54) is 13.8 Å². The van der Waals surface area contributed by atoms with Crippen molar-refractivity contribution in [1.82, 2.24) is 0 Å². The summed E-state index contributed by atoms with van der Waals surface area (Å²) in [6.45, 7) is 1.51. The Bertz CT molecular complexity index is 439. The van der Waals surface area contributed by atoms with Crippen LogP contribution >= 0.6 is 0 Å². The Morgan fingerprint density at radius 2 is 1.04 bits per heavy atom. The van der Waals surface area contributed by atoms with Gasteiger partial charge in [0.25, 0.3) is 0 Å². The number of rotatable bonds is 8. The van der Waals surface area contributed by atoms with Crippen LogP contribution in [-0.4, -0.2) is 48.9 Å². The molecule has 134 valence electrons. The van der Waals surface area contributed by atoms with Crippen LogP contribution in [0.3, 0.4) is 0 Å². The van der Waals surface area contributed by atoms with Crippen LogP contribution in [0, 0.1) is 0 Å². The summed E-state index contributed by atoms with van der Waals surface area (Å²) in [5.74, 6) is -18.7. The standard InChI is InChI=1S/C10H10F4IO8/c1-3-20-5(16)9(11,12)7(18)22-15-23-8(19)10(13,14)6(17)21-4-2/h3-4H2,1-2H3/q-1. The maximum absolute atomic E-state index is 13.1. The molecule has 13 heteroatoms. The number of ether oxygens (including phenoxy) is 2. The quantitative estimate of drug-likeness (QED) is 0.168. The van der Waals surface area contributed by atoms with Crippen LogP contribution < -0.4 is 22.0 Å². The molecule has 0 heterocycles. The number of alkyl halides is 4. The summed E-state index contributed by atoms with van der Waals surface area (Å²) in [6.07, 6.45) is 0. The van der Waals surface area contributed by atoms with Gasteiger partial charge in [0.15, 0.2) is 0 Å². The number of carbonyl (C=O) groups is 4. The van der Waals surface area contributed by atoms with Gasteiger partial charge in [0, 0.05) is 0 Å². The first-order valence-electron chi connectivity index (χ1n) is 5.69. The van der Waals surface area contributed by atoms with E-state index in [-0.39, 0.29) is 0 Å². The molecule has 0 saturated heterocycles. The molecular formula is C10H10F4IO8-. The van der Waals surface area contributed by atoms with E-state index in [1.54, 1.807) is 0 Å². The van der Waals surface area contributed by atoms with Crippen molar-refractivity contribution in [3.63, 3.8) is 0 Å². The third kappa shape index (κ3) is 5.80. The molecule has 23 heavy (non-hydrogen) atoms. The van der Waals surface area contributed by atoms with Crippen molar-refractivity contribution < 1.29 is 74.4 Å². The van der Waals surface area contributed by atoms with Crippen LogP contribution in [0.1, 0.15) is 13.8 Å². The zero-order chi connectivity index (χ0) is 18.3. The third-order valence-electron chi connectivity index (χ3n) is 1.78. The number of halogens is 5. The van der Waals surface area contributed by atoms with Gasteiger partial charge < -0.3 is 0 Å². The van der Waals surface area contributed by atoms with Crippen molar-refractivity contribution in [3.05, 3.63) is 0 Å².